The Morgan fingerprint density at radius 3 is 2.52 bits per heavy atom. The van der Waals surface area contributed by atoms with Gasteiger partial charge < -0.3 is 14.2 Å². The first kappa shape index (κ1) is 27.7. The van der Waals surface area contributed by atoms with Gasteiger partial charge in [-0.1, -0.05) is 63.2 Å². The number of carbonyl (C=O) groups excluding carboxylic acids is 2. The van der Waals surface area contributed by atoms with Crippen molar-refractivity contribution in [3.05, 3.63) is 83.9 Å². The molecule has 4 aromatic carbocycles. The van der Waals surface area contributed by atoms with Crippen molar-refractivity contribution >= 4 is 33.5 Å². The van der Waals surface area contributed by atoms with E-state index in [-0.39, 0.29) is 23.4 Å². The first-order valence-corrected chi connectivity index (χ1v) is 13.9. The summed E-state index contributed by atoms with van der Waals surface area (Å²) in [6, 6.07) is 23.5. The van der Waals surface area contributed by atoms with Crippen molar-refractivity contribution in [2.75, 3.05) is 19.8 Å². The third kappa shape index (κ3) is 6.45. The predicted molar refractivity (Wildman–Crippen MR) is 158 cm³/mol. The number of fused-ring (bicyclic) bond motifs is 2. The van der Waals surface area contributed by atoms with Crippen LogP contribution in [0.5, 0.6) is 11.5 Å². The molecule has 4 aromatic rings. The summed E-state index contributed by atoms with van der Waals surface area (Å²) in [7, 11) is 0. The minimum Gasteiger partial charge on any atom is -0.493 e. The molecule has 0 N–H and O–H groups in total. The lowest BCUT2D eigenvalue weighted by Crippen LogP contribution is -2.33. The normalized spacial score (nSPS) is 15.8. The standard InChI is InChI=1S/C34H37NO5/c1-23(36)40-27-15-16-29-25(19-27)10-7-13-30(29)33(37)38-21-26-11-8-18-35(26)20-31-28-12-6-5-9-24(28)14-17-32(31)39-22-34(2,3)4/h5-7,9-10,12-17,19,26H,8,11,18,20-22H2,1-4H3/t26-/m0/s1. The number of ether oxygens (including phenoxy) is 3. The molecule has 6 heteroatoms. The monoisotopic (exact) mass is 539 g/mol. The van der Waals surface area contributed by atoms with Crippen LogP contribution in [-0.4, -0.2) is 42.6 Å². The number of esters is 2. The molecule has 0 bridgehead atoms. The van der Waals surface area contributed by atoms with E-state index in [1.807, 2.05) is 12.1 Å². The van der Waals surface area contributed by atoms with Crippen LogP contribution in [0.3, 0.4) is 0 Å². The van der Waals surface area contributed by atoms with E-state index >= 15 is 0 Å². The first-order valence-electron chi connectivity index (χ1n) is 13.9. The van der Waals surface area contributed by atoms with E-state index in [9.17, 15) is 9.59 Å². The van der Waals surface area contributed by atoms with Gasteiger partial charge in [-0.2, -0.15) is 0 Å². The third-order valence-electron chi connectivity index (χ3n) is 7.26. The molecule has 0 spiro atoms. The molecule has 1 atom stereocenters. The molecule has 0 aromatic heterocycles. The number of carbonyl (C=O) groups is 2. The van der Waals surface area contributed by atoms with Crippen molar-refractivity contribution in [2.24, 2.45) is 5.41 Å². The van der Waals surface area contributed by atoms with E-state index in [0.29, 0.717) is 24.5 Å². The van der Waals surface area contributed by atoms with Crippen LogP contribution in [0, 0.1) is 5.41 Å². The summed E-state index contributed by atoms with van der Waals surface area (Å²) in [6.07, 6.45) is 2.02. The minimum atomic E-state index is -0.382. The van der Waals surface area contributed by atoms with Crippen molar-refractivity contribution < 1.29 is 23.8 Å². The third-order valence-corrected chi connectivity index (χ3v) is 7.26. The zero-order valence-corrected chi connectivity index (χ0v) is 23.7. The van der Waals surface area contributed by atoms with E-state index in [2.05, 4.69) is 62.1 Å². The van der Waals surface area contributed by atoms with E-state index in [1.54, 1.807) is 24.3 Å². The molecule has 6 nitrogen and oxygen atoms in total. The van der Waals surface area contributed by atoms with Crippen LogP contribution in [-0.2, 0) is 16.1 Å². The molecule has 1 fully saturated rings. The highest BCUT2D eigenvalue weighted by molar-refractivity contribution is 6.04. The average Bonchev–Trinajstić information content (AvgIpc) is 3.36. The van der Waals surface area contributed by atoms with Gasteiger partial charge in [0.25, 0.3) is 0 Å². The van der Waals surface area contributed by atoms with Gasteiger partial charge in [0.05, 0.1) is 12.2 Å². The molecule has 1 heterocycles. The number of hydrogen-bond acceptors (Lipinski definition) is 6. The summed E-state index contributed by atoms with van der Waals surface area (Å²) < 4.78 is 17.4. The molecule has 1 saturated heterocycles. The molecule has 5 rings (SSSR count). The zero-order chi connectivity index (χ0) is 28.3. The number of likely N-dealkylation sites (tertiary alicyclic amines) is 1. The fourth-order valence-corrected chi connectivity index (χ4v) is 5.32. The molecular weight excluding hydrogens is 502 g/mol. The van der Waals surface area contributed by atoms with Crippen LogP contribution >= 0.6 is 0 Å². The summed E-state index contributed by atoms with van der Waals surface area (Å²) in [5.74, 6) is 0.635. The molecule has 0 radical (unpaired) electrons. The first-order chi connectivity index (χ1) is 19.2. The molecule has 0 unspecified atom stereocenters. The van der Waals surface area contributed by atoms with Crippen LogP contribution in [0.1, 0.15) is 56.5 Å². The summed E-state index contributed by atoms with van der Waals surface area (Å²) in [5, 5.41) is 3.97. The second-order valence-electron chi connectivity index (χ2n) is 11.8. The molecule has 1 aliphatic rings. The molecule has 0 saturated carbocycles. The second-order valence-corrected chi connectivity index (χ2v) is 11.8. The maximum Gasteiger partial charge on any atom is 0.338 e. The fourth-order valence-electron chi connectivity index (χ4n) is 5.32. The van der Waals surface area contributed by atoms with Crippen molar-refractivity contribution in [1.82, 2.24) is 4.90 Å². The van der Waals surface area contributed by atoms with Crippen LogP contribution in [0.25, 0.3) is 21.5 Å². The highest BCUT2D eigenvalue weighted by Gasteiger charge is 2.28. The number of hydrogen-bond donors (Lipinski definition) is 0. The topological polar surface area (TPSA) is 65.1 Å². The Morgan fingerprint density at radius 1 is 0.925 bits per heavy atom. The molecular formula is C34H37NO5. The highest BCUT2D eigenvalue weighted by atomic mass is 16.5. The van der Waals surface area contributed by atoms with E-state index in [4.69, 9.17) is 14.2 Å². The van der Waals surface area contributed by atoms with E-state index < -0.39 is 0 Å². The lowest BCUT2D eigenvalue weighted by Gasteiger charge is -2.27. The smallest absolute Gasteiger partial charge is 0.338 e. The van der Waals surface area contributed by atoms with Gasteiger partial charge >= 0.3 is 11.9 Å². The lowest BCUT2D eigenvalue weighted by molar-refractivity contribution is -0.131. The van der Waals surface area contributed by atoms with Gasteiger partial charge in [0.15, 0.2) is 0 Å². The van der Waals surface area contributed by atoms with Crippen LogP contribution in [0.2, 0.25) is 0 Å². The van der Waals surface area contributed by atoms with Gasteiger partial charge in [0.1, 0.15) is 18.1 Å². The van der Waals surface area contributed by atoms with Gasteiger partial charge in [0, 0.05) is 25.1 Å². The minimum absolute atomic E-state index is 0.0525. The van der Waals surface area contributed by atoms with Gasteiger partial charge in [-0.15, -0.1) is 0 Å². The Labute approximate surface area is 235 Å². The van der Waals surface area contributed by atoms with Gasteiger partial charge in [-0.3, -0.25) is 9.69 Å². The lowest BCUT2D eigenvalue weighted by atomic mass is 9.98. The summed E-state index contributed by atoms with van der Waals surface area (Å²) in [5.41, 5.74) is 1.73. The maximum absolute atomic E-state index is 13.2. The van der Waals surface area contributed by atoms with Crippen molar-refractivity contribution in [3.8, 4) is 11.5 Å². The van der Waals surface area contributed by atoms with Crippen LogP contribution in [0.4, 0.5) is 0 Å². The molecule has 0 amide bonds. The van der Waals surface area contributed by atoms with Gasteiger partial charge in [0.2, 0.25) is 0 Å². The summed E-state index contributed by atoms with van der Waals surface area (Å²) in [4.78, 5) is 26.9. The second kappa shape index (κ2) is 11.7. The van der Waals surface area contributed by atoms with Gasteiger partial charge in [-0.05, 0) is 76.7 Å². The summed E-state index contributed by atoms with van der Waals surface area (Å²) in [6.45, 7) is 10.5. The van der Waals surface area contributed by atoms with Crippen molar-refractivity contribution in [3.63, 3.8) is 0 Å². The van der Waals surface area contributed by atoms with E-state index in [1.165, 1.54) is 23.3 Å². The van der Waals surface area contributed by atoms with Gasteiger partial charge in [-0.25, -0.2) is 4.79 Å². The maximum atomic E-state index is 13.2. The zero-order valence-electron chi connectivity index (χ0n) is 23.7. The Balaban J connectivity index is 1.32. The van der Waals surface area contributed by atoms with E-state index in [0.717, 1.165) is 42.5 Å². The summed E-state index contributed by atoms with van der Waals surface area (Å²) >= 11 is 0. The molecule has 0 aliphatic carbocycles. The van der Waals surface area contributed by atoms with Crippen LogP contribution in [0.15, 0.2) is 72.8 Å². The average molecular weight is 540 g/mol. The van der Waals surface area contributed by atoms with Crippen LogP contribution < -0.4 is 9.47 Å². The largest absolute Gasteiger partial charge is 0.493 e. The number of nitrogens with zero attached hydrogens (tertiary/aromatic N) is 1. The predicted octanol–water partition coefficient (Wildman–Crippen LogP) is 7.16. The Bertz CT molecular complexity index is 1540. The Kier molecular flexibility index (Phi) is 8.08. The molecule has 208 valence electrons. The fraction of sp³-hybridized carbons (Fsp3) is 0.353. The molecule has 40 heavy (non-hydrogen) atoms. The Morgan fingerprint density at radius 2 is 1.73 bits per heavy atom. The number of rotatable bonds is 8. The SMILES string of the molecule is CC(=O)Oc1ccc2c(C(=O)OC[C@@H]3CCCN3Cc3c(OCC(C)(C)C)ccc4ccccc34)cccc2c1. The quantitative estimate of drug-likeness (QED) is 0.175. The van der Waals surface area contributed by atoms with Crippen molar-refractivity contribution in [2.45, 2.75) is 53.1 Å². The van der Waals surface area contributed by atoms with Crippen molar-refractivity contribution in [1.29, 1.82) is 0 Å². The highest BCUT2D eigenvalue weighted by Crippen LogP contribution is 2.33. The molecule has 1 aliphatic heterocycles. The Hall–Kier alpha value is -3.90. The number of benzene rings is 4.